The smallest absolute Gasteiger partial charge is 0.242 e. The fraction of sp³-hybridized carbons (Fsp3) is 0.176. The predicted octanol–water partition coefficient (Wildman–Crippen LogP) is 2.31. The summed E-state index contributed by atoms with van der Waals surface area (Å²) >= 11 is 0. The molecule has 0 saturated heterocycles. The Morgan fingerprint density at radius 2 is 1.95 bits per heavy atom. The highest BCUT2D eigenvalue weighted by atomic mass is 16.3. The maximum Gasteiger partial charge on any atom is 0.242 e. The van der Waals surface area contributed by atoms with Gasteiger partial charge in [0, 0.05) is 6.07 Å². The van der Waals surface area contributed by atoms with Crippen LogP contribution in [0.3, 0.4) is 0 Å². The van der Waals surface area contributed by atoms with Crippen LogP contribution in [0.5, 0.6) is 11.5 Å². The number of rotatable bonds is 4. The third kappa shape index (κ3) is 2.41. The molecule has 0 fully saturated rings. The molecule has 2 aromatic carbocycles. The maximum atomic E-state index is 12.5. The predicted molar refractivity (Wildman–Crippen MR) is 82.0 cm³/mol. The van der Waals surface area contributed by atoms with Gasteiger partial charge in [-0.2, -0.15) is 0 Å². The van der Waals surface area contributed by atoms with Crippen LogP contribution < -0.4 is 4.57 Å². The Hall–Kier alpha value is -2.82. The van der Waals surface area contributed by atoms with Crippen LogP contribution in [0.25, 0.3) is 11.0 Å². The van der Waals surface area contributed by atoms with Gasteiger partial charge < -0.3 is 10.2 Å². The second-order valence-corrected chi connectivity index (χ2v) is 5.19. The minimum Gasteiger partial charge on any atom is -0.508 e. The van der Waals surface area contributed by atoms with E-state index in [2.05, 4.69) is 4.98 Å². The number of para-hydroxylation sites is 2. The molecule has 1 heterocycles. The Bertz CT molecular complexity index is 852. The maximum absolute atomic E-state index is 12.5. The summed E-state index contributed by atoms with van der Waals surface area (Å²) < 4.78 is 1.80. The number of Topliss-reactive ketones (excluding diaryl/α,β-unsaturated/α-hetero) is 1. The lowest BCUT2D eigenvalue weighted by atomic mass is 10.0. The lowest BCUT2D eigenvalue weighted by Crippen LogP contribution is -2.36. The minimum absolute atomic E-state index is 0.0105. The van der Waals surface area contributed by atoms with Gasteiger partial charge >= 0.3 is 0 Å². The number of carbonyl (C=O) groups excluding carboxylic acids is 1. The first-order chi connectivity index (χ1) is 10.6. The first-order valence-electron chi connectivity index (χ1n) is 7.13. The molecular formula is C17H17N2O3+. The number of phenols is 2. The van der Waals surface area contributed by atoms with Crippen molar-refractivity contribution in [2.75, 3.05) is 0 Å². The highest BCUT2D eigenvalue weighted by molar-refractivity contribution is 5.98. The molecular weight excluding hydrogens is 280 g/mol. The number of fused-ring (bicyclic) bond motifs is 1. The van der Waals surface area contributed by atoms with Crippen LogP contribution in [0.15, 0.2) is 42.7 Å². The molecule has 0 spiro atoms. The van der Waals surface area contributed by atoms with Crippen molar-refractivity contribution in [2.24, 2.45) is 0 Å². The number of phenolic OH excluding ortho intramolecular Hbond substituents is 2. The SMILES string of the molecule is CCc1cc(C(=O)C[n+]2c[nH]c3ccccc32)c(O)cc1O. The number of nitrogens with zero attached hydrogens (tertiary/aromatic N) is 1. The van der Waals surface area contributed by atoms with Crippen LogP contribution >= 0.6 is 0 Å². The zero-order chi connectivity index (χ0) is 15.7. The monoisotopic (exact) mass is 297 g/mol. The first kappa shape index (κ1) is 14.1. The quantitative estimate of drug-likeness (QED) is 0.511. The summed E-state index contributed by atoms with van der Waals surface area (Å²) in [6.07, 6.45) is 2.33. The molecule has 5 heteroatoms. The number of aromatic nitrogens is 2. The van der Waals surface area contributed by atoms with Crippen molar-refractivity contribution in [3.63, 3.8) is 0 Å². The lowest BCUT2D eigenvalue weighted by Gasteiger charge is -2.07. The highest BCUT2D eigenvalue weighted by Crippen LogP contribution is 2.28. The topological polar surface area (TPSA) is 77.2 Å². The van der Waals surface area contributed by atoms with Gasteiger partial charge in [-0.3, -0.25) is 4.79 Å². The molecule has 3 aromatic rings. The van der Waals surface area contributed by atoms with Crippen molar-refractivity contribution in [3.8, 4) is 11.5 Å². The summed E-state index contributed by atoms with van der Waals surface area (Å²) in [4.78, 5) is 15.6. The van der Waals surface area contributed by atoms with E-state index >= 15 is 0 Å². The molecule has 112 valence electrons. The largest absolute Gasteiger partial charge is 0.508 e. The van der Waals surface area contributed by atoms with E-state index in [9.17, 15) is 15.0 Å². The van der Waals surface area contributed by atoms with E-state index in [-0.39, 0.29) is 29.4 Å². The molecule has 0 aliphatic rings. The van der Waals surface area contributed by atoms with E-state index in [1.165, 1.54) is 6.07 Å². The van der Waals surface area contributed by atoms with Gasteiger partial charge in [-0.15, -0.1) is 0 Å². The van der Waals surface area contributed by atoms with E-state index < -0.39 is 0 Å². The van der Waals surface area contributed by atoms with E-state index in [0.29, 0.717) is 12.0 Å². The van der Waals surface area contributed by atoms with Crippen LogP contribution in [-0.2, 0) is 13.0 Å². The fourth-order valence-corrected chi connectivity index (χ4v) is 2.56. The van der Waals surface area contributed by atoms with Gasteiger partial charge in [0.05, 0.1) is 5.56 Å². The number of imidazole rings is 1. The second-order valence-electron chi connectivity index (χ2n) is 5.19. The Morgan fingerprint density at radius 3 is 2.73 bits per heavy atom. The number of aromatic hydroxyl groups is 2. The molecule has 0 unspecified atom stereocenters. The van der Waals surface area contributed by atoms with E-state index in [0.717, 1.165) is 11.0 Å². The number of nitrogens with one attached hydrogen (secondary N) is 1. The summed E-state index contributed by atoms with van der Waals surface area (Å²) in [6, 6.07) is 10.5. The molecule has 1 aromatic heterocycles. The van der Waals surface area contributed by atoms with Gasteiger partial charge in [-0.05, 0) is 30.2 Å². The van der Waals surface area contributed by atoms with E-state index in [1.807, 2.05) is 31.2 Å². The molecule has 3 N–H and O–H groups in total. The van der Waals surface area contributed by atoms with E-state index in [1.54, 1.807) is 17.0 Å². The normalized spacial score (nSPS) is 11.0. The van der Waals surface area contributed by atoms with Gasteiger partial charge in [0.2, 0.25) is 12.1 Å². The fourth-order valence-electron chi connectivity index (χ4n) is 2.56. The number of H-pyrrole nitrogens is 1. The van der Waals surface area contributed by atoms with Crippen molar-refractivity contribution >= 4 is 16.8 Å². The molecule has 0 atom stereocenters. The second kappa shape index (κ2) is 5.52. The average Bonchev–Trinajstić information content (AvgIpc) is 2.90. The molecule has 0 bridgehead atoms. The standard InChI is InChI=1S/C17H16N2O3/c1-2-11-7-12(16(21)8-15(11)20)17(22)9-19-10-18-13-5-3-4-6-14(13)19/h3-8,10H,2,9H2,1H3,(H2,20,21,22)/p+1. The van der Waals surface area contributed by atoms with Gasteiger partial charge in [0.1, 0.15) is 11.5 Å². The Balaban J connectivity index is 1.95. The van der Waals surface area contributed by atoms with E-state index in [4.69, 9.17) is 0 Å². The number of benzene rings is 2. The first-order valence-corrected chi connectivity index (χ1v) is 7.13. The summed E-state index contributed by atoms with van der Waals surface area (Å²) in [6.45, 7) is 2.00. The number of ketones is 1. The Labute approximate surface area is 127 Å². The van der Waals surface area contributed by atoms with Crippen molar-refractivity contribution < 1.29 is 19.6 Å². The number of hydrogen-bond donors (Lipinski definition) is 3. The number of carbonyl (C=O) groups is 1. The molecule has 0 amide bonds. The van der Waals surface area contributed by atoms with Crippen LogP contribution in [0.2, 0.25) is 0 Å². The van der Waals surface area contributed by atoms with Gasteiger partial charge in [-0.25, -0.2) is 9.55 Å². The van der Waals surface area contributed by atoms with Crippen molar-refractivity contribution in [1.29, 1.82) is 0 Å². The van der Waals surface area contributed by atoms with Crippen LogP contribution in [0.4, 0.5) is 0 Å². The average molecular weight is 297 g/mol. The molecule has 0 saturated carbocycles. The molecule has 0 radical (unpaired) electrons. The van der Waals surface area contributed by atoms with Gasteiger partial charge in [0.15, 0.2) is 17.6 Å². The summed E-state index contributed by atoms with van der Waals surface area (Å²) in [5.41, 5.74) is 2.74. The van der Waals surface area contributed by atoms with Crippen LogP contribution in [0, 0.1) is 0 Å². The Kier molecular flexibility index (Phi) is 3.55. The lowest BCUT2D eigenvalue weighted by molar-refractivity contribution is -0.656. The number of aromatic amines is 1. The number of aryl methyl sites for hydroxylation is 1. The molecule has 0 aliphatic heterocycles. The molecule has 3 rings (SSSR count). The third-order valence-corrected chi connectivity index (χ3v) is 3.78. The molecule has 22 heavy (non-hydrogen) atoms. The zero-order valence-corrected chi connectivity index (χ0v) is 12.2. The molecule has 0 aliphatic carbocycles. The van der Waals surface area contributed by atoms with Crippen molar-refractivity contribution in [2.45, 2.75) is 19.9 Å². The van der Waals surface area contributed by atoms with Crippen LogP contribution in [-0.4, -0.2) is 21.0 Å². The summed E-state index contributed by atoms with van der Waals surface area (Å²) in [5, 5.41) is 19.6. The third-order valence-electron chi connectivity index (χ3n) is 3.78. The van der Waals surface area contributed by atoms with Crippen molar-refractivity contribution in [3.05, 3.63) is 53.9 Å². The molecule has 5 nitrogen and oxygen atoms in total. The Morgan fingerprint density at radius 1 is 1.18 bits per heavy atom. The number of hydrogen-bond acceptors (Lipinski definition) is 3. The van der Waals surface area contributed by atoms with Gasteiger partial charge in [0.25, 0.3) is 0 Å². The highest BCUT2D eigenvalue weighted by Gasteiger charge is 2.19. The van der Waals surface area contributed by atoms with Crippen molar-refractivity contribution in [1.82, 2.24) is 4.98 Å². The van der Waals surface area contributed by atoms with Crippen LogP contribution in [0.1, 0.15) is 22.8 Å². The summed E-state index contributed by atoms with van der Waals surface area (Å²) in [5.74, 6) is -0.390. The minimum atomic E-state index is -0.207. The van der Waals surface area contributed by atoms with Gasteiger partial charge in [-0.1, -0.05) is 19.1 Å². The zero-order valence-electron chi connectivity index (χ0n) is 12.2. The summed E-state index contributed by atoms with van der Waals surface area (Å²) in [7, 11) is 0.